The van der Waals surface area contributed by atoms with Crippen LogP contribution in [0.15, 0.2) is 18.2 Å². The summed E-state index contributed by atoms with van der Waals surface area (Å²) in [5, 5.41) is 9.40. The van der Waals surface area contributed by atoms with Gasteiger partial charge in [-0.15, -0.1) is 0 Å². The SMILES string of the molecule is C[C@H](O)c1ccc(OCCC2CCCCN2C)c(F)c1. The van der Waals surface area contributed by atoms with E-state index in [-0.39, 0.29) is 5.75 Å². The Hall–Kier alpha value is -1.13. The molecule has 0 spiro atoms. The van der Waals surface area contributed by atoms with Crippen LogP contribution in [0.4, 0.5) is 4.39 Å². The number of rotatable bonds is 5. The number of hydrogen-bond acceptors (Lipinski definition) is 3. The maximum absolute atomic E-state index is 13.8. The van der Waals surface area contributed by atoms with Crippen molar-refractivity contribution in [3.8, 4) is 5.75 Å². The first-order valence-electron chi connectivity index (χ1n) is 7.38. The lowest BCUT2D eigenvalue weighted by Gasteiger charge is -2.32. The predicted octanol–water partition coefficient (Wildman–Crippen LogP) is 3.13. The highest BCUT2D eigenvalue weighted by atomic mass is 19.1. The minimum atomic E-state index is -0.658. The molecule has 0 saturated carbocycles. The standard InChI is InChI=1S/C16H24FNO2/c1-12(19)13-6-7-16(15(17)11-13)20-10-8-14-5-3-4-9-18(14)2/h6-7,11-12,14,19H,3-5,8-10H2,1-2H3/t12-,14?/m0/s1. The molecule has 3 nitrogen and oxygen atoms in total. The van der Waals surface area contributed by atoms with E-state index in [1.54, 1.807) is 19.1 Å². The minimum absolute atomic E-state index is 0.271. The summed E-state index contributed by atoms with van der Waals surface area (Å²) >= 11 is 0. The summed E-state index contributed by atoms with van der Waals surface area (Å²) in [6, 6.07) is 5.19. The Labute approximate surface area is 120 Å². The van der Waals surface area contributed by atoms with Gasteiger partial charge in [0.15, 0.2) is 11.6 Å². The average molecular weight is 281 g/mol. The van der Waals surface area contributed by atoms with Crippen molar-refractivity contribution in [3.05, 3.63) is 29.6 Å². The molecular weight excluding hydrogens is 257 g/mol. The van der Waals surface area contributed by atoms with Crippen LogP contribution >= 0.6 is 0 Å². The fraction of sp³-hybridized carbons (Fsp3) is 0.625. The van der Waals surface area contributed by atoms with Crippen LogP contribution in [0.3, 0.4) is 0 Å². The van der Waals surface area contributed by atoms with E-state index in [1.165, 1.54) is 25.3 Å². The van der Waals surface area contributed by atoms with Crippen LogP contribution in [0, 0.1) is 5.82 Å². The van der Waals surface area contributed by atoms with Crippen molar-refractivity contribution in [2.45, 2.75) is 44.8 Å². The van der Waals surface area contributed by atoms with Gasteiger partial charge < -0.3 is 14.7 Å². The van der Waals surface area contributed by atoms with Gasteiger partial charge in [-0.2, -0.15) is 0 Å². The van der Waals surface area contributed by atoms with Crippen molar-refractivity contribution in [3.63, 3.8) is 0 Å². The van der Waals surface area contributed by atoms with Gasteiger partial charge in [0.2, 0.25) is 0 Å². The molecule has 0 amide bonds. The van der Waals surface area contributed by atoms with Crippen molar-refractivity contribution in [2.75, 3.05) is 20.2 Å². The number of likely N-dealkylation sites (tertiary alicyclic amines) is 1. The summed E-state index contributed by atoms with van der Waals surface area (Å²) in [4.78, 5) is 2.36. The van der Waals surface area contributed by atoms with Gasteiger partial charge in [-0.3, -0.25) is 0 Å². The van der Waals surface area contributed by atoms with E-state index in [1.807, 2.05) is 0 Å². The van der Waals surface area contributed by atoms with Crippen molar-refractivity contribution in [1.82, 2.24) is 4.90 Å². The molecule has 1 saturated heterocycles. The van der Waals surface area contributed by atoms with E-state index in [2.05, 4.69) is 11.9 Å². The van der Waals surface area contributed by atoms with E-state index in [9.17, 15) is 9.50 Å². The molecule has 1 N–H and O–H groups in total. The second-order valence-electron chi connectivity index (χ2n) is 5.63. The normalized spacial score (nSPS) is 21.7. The van der Waals surface area contributed by atoms with E-state index >= 15 is 0 Å². The van der Waals surface area contributed by atoms with Gasteiger partial charge in [0, 0.05) is 6.04 Å². The maximum atomic E-state index is 13.8. The first-order chi connectivity index (χ1) is 9.58. The minimum Gasteiger partial charge on any atom is -0.490 e. The van der Waals surface area contributed by atoms with E-state index in [0.717, 1.165) is 13.0 Å². The lowest BCUT2D eigenvalue weighted by Crippen LogP contribution is -2.37. The maximum Gasteiger partial charge on any atom is 0.165 e. The van der Waals surface area contributed by atoms with Crippen molar-refractivity contribution in [2.24, 2.45) is 0 Å². The lowest BCUT2D eigenvalue weighted by molar-refractivity contribution is 0.151. The second-order valence-corrected chi connectivity index (χ2v) is 5.63. The molecule has 1 fully saturated rings. The van der Waals surface area contributed by atoms with Gasteiger partial charge in [0.25, 0.3) is 0 Å². The molecule has 1 aromatic rings. The first-order valence-corrected chi connectivity index (χ1v) is 7.38. The van der Waals surface area contributed by atoms with Gasteiger partial charge in [0.05, 0.1) is 12.7 Å². The highest BCUT2D eigenvalue weighted by Gasteiger charge is 2.18. The summed E-state index contributed by atoms with van der Waals surface area (Å²) in [6.45, 7) is 3.29. The lowest BCUT2D eigenvalue weighted by atomic mass is 10.0. The van der Waals surface area contributed by atoms with Crippen molar-refractivity contribution in [1.29, 1.82) is 0 Å². The monoisotopic (exact) mass is 281 g/mol. The Balaban J connectivity index is 1.84. The number of benzene rings is 1. The molecule has 2 atom stereocenters. The highest BCUT2D eigenvalue weighted by molar-refractivity contribution is 5.30. The van der Waals surface area contributed by atoms with Crippen LogP contribution in [0.25, 0.3) is 0 Å². The van der Waals surface area contributed by atoms with Crippen molar-refractivity contribution >= 4 is 0 Å². The Kier molecular flexibility index (Phi) is 5.38. The summed E-state index contributed by atoms with van der Waals surface area (Å²) < 4.78 is 19.3. The number of nitrogens with zero attached hydrogens (tertiary/aromatic N) is 1. The molecule has 1 heterocycles. The van der Waals surface area contributed by atoms with Crippen LogP contribution in [0.5, 0.6) is 5.75 Å². The Morgan fingerprint density at radius 2 is 2.25 bits per heavy atom. The molecule has 0 aliphatic carbocycles. The fourth-order valence-electron chi connectivity index (χ4n) is 2.71. The topological polar surface area (TPSA) is 32.7 Å². The van der Waals surface area contributed by atoms with E-state index in [4.69, 9.17) is 4.74 Å². The zero-order valence-corrected chi connectivity index (χ0v) is 12.3. The number of piperidine rings is 1. The molecular formula is C16H24FNO2. The van der Waals surface area contributed by atoms with Crippen LogP contribution in [-0.2, 0) is 0 Å². The molecule has 1 aliphatic heterocycles. The zero-order valence-electron chi connectivity index (χ0n) is 12.3. The summed E-state index contributed by atoms with van der Waals surface area (Å²) in [6.07, 6.45) is 4.00. The zero-order chi connectivity index (χ0) is 14.5. The Bertz CT molecular complexity index is 436. The molecule has 112 valence electrons. The van der Waals surface area contributed by atoms with E-state index < -0.39 is 11.9 Å². The number of ether oxygens (including phenoxy) is 1. The molecule has 0 radical (unpaired) electrons. The number of hydrogen-bond donors (Lipinski definition) is 1. The molecule has 1 aromatic carbocycles. The number of aliphatic hydroxyl groups excluding tert-OH is 1. The van der Waals surface area contributed by atoms with E-state index in [0.29, 0.717) is 18.2 Å². The molecule has 1 aliphatic rings. The summed E-state index contributed by atoms with van der Waals surface area (Å²) in [7, 11) is 2.14. The molecule has 2 rings (SSSR count). The summed E-state index contributed by atoms with van der Waals surface area (Å²) in [5.74, 6) is -0.131. The first kappa shape index (κ1) is 15.3. The van der Waals surface area contributed by atoms with Crippen LogP contribution in [0.2, 0.25) is 0 Å². The van der Waals surface area contributed by atoms with Gasteiger partial charge in [-0.25, -0.2) is 4.39 Å². The van der Waals surface area contributed by atoms with Crippen LogP contribution in [0.1, 0.15) is 44.3 Å². The fourth-order valence-corrected chi connectivity index (χ4v) is 2.71. The third kappa shape index (κ3) is 3.93. The second kappa shape index (κ2) is 7.04. The quantitative estimate of drug-likeness (QED) is 0.900. The largest absolute Gasteiger partial charge is 0.490 e. The molecule has 1 unspecified atom stereocenters. The molecule has 4 heteroatoms. The summed E-state index contributed by atoms with van der Waals surface area (Å²) in [5.41, 5.74) is 0.571. The highest BCUT2D eigenvalue weighted by Crippen LogP contribution is 2.23. The van der Waals surface area contributed by atoms with Gasteiger partial charge >= 0.3 is 0 Å². The smallest absolute Gasteiger partial charge is 0.165 e. The van der Waals surface area contributed by atoms with Gasteiger partial charge in [0.1, 0.15) is 0 Å². The molecule has 20 heavy (non-hydrogen) atoms. The third-order valence-corrected chi connectivity index (χ3v) is 4.07. The van der Waals surface area contributed by atoms with Gasteiger partial charge in [-0.05, 0) is 57.5 Å². The average Bonchev–Trinajstić information content (AvgIpc) is 2.42. The Morgan fingerprint density at radius 3 is 2.90 bits per heavy atom. The molecule has 0 bridgehead atoms. The number of aliphatic hydroxyl groups is 1. The molecule has 0 aromatic heterocycles. The van der Waals surface area contributed by atoms with Crippen LogP contribution in [-0.4, -0.2) is 36.2 Å². The predicted molar refractivity (Wildman–Crippen MR) is 77.4 cm³/mol. The third-order valence-electron chi connectivity index (χ3n) is 4.07. The van der Waals surface area contributed by atoms with Gasteiger partial charge in [-0.1, -0.05) is 12.5 Å². The van der Waals surface area contributed by atoms with Crippen LogP contribution < -0.4 is 4.74 Å². The Morgan fingerprint density at radius 1 is 1.45 bits per heavy atom. The number of halogens is 1. The van der Waals surface area contributed by atoms with Crippen molar-refractivity contribution < 1.29 is 14.2 Å².